The molecule has 4 atom stereocenters. The maximum Gasteiger partial charge on any atom is 0.165 e. The van der Waals surface area contributed by atoms with Gasteiger partial charge >= 0.3 is 0 Å². The Morgan fingerprint density at radius 3 is 1.72 bits per heavy atom. The van der Waals surface area contributed by atoms with E-state index in [-0.39, 0.29) is 24.0 Å². The van der Waals surface area contributed by atoms with Gasteiger partial charge < -0.3 is 9.47 Å². The van der Waals surface area contributed by atoms with E-state index >= 15 is 9.00 Å². The molecule has 0 unspecified atom stereocenters. The summed E-state index contributed by atoms with van der Waals surface area (Å²) in [6.45, 7) is 8.12. The molecule has 0 bridgehead atoms. The third kappa shape index (κ3) is 6.07. The van der Waals surface area contributed by atoms with Crippen LogP contribution in [0.15, 0.2) is 148 Å². The molecule has 0 saturated heterocycles. The Kier molecular flexibility index (Phi) is 10.1. The number of carbonyl (C=O) groups excluding carboxylic acids is 1. The predicted octanol–water partition coefficient (Wildman–Crippen LogP) is 10.2. The number of benzene rings is 5. The van der Waals surface area contributed by atoms with Crippen molar-refractivity contribution in [3.05, 3.63) is 167 Å². The summed E-state index contributed by atoms with van der Waals surface area (Å²) in [4.78, 5) is 16.2. The molecule has 0 saturated carbocycles. The van der Waals surface area contributed by atoms with E-state index in [0.717, 1.165) is 33.4 Å². The number of allylic oxidation sites excluding steroid dienone is 2. The minimum absolute atomic E-state index is 0.0358. The molecule has 0 aromatic heterocycles. The molecule has 6 heteroatoms. The second-order valence-electron chi connectivity index (χ2n) is 13.3. The van der Waals surface area contributed by atoms with Crippen molar-refractivity contribution in [2.75, 3.05) is 14.2 Å². The normalized spacial score (nSPS) is 19.0. The van der Waals surface area contributed by atoms with Gasteiger partial charge in [-0.25, -0.2) is 4.21 Å². The fourth-order valence-electron chi connectivity index (χ4n) is 7.78. The van der Waals surface area contributed by atoms with Crippen molar-refractivity contribution in [2.24, 2.45) is 10.3 Å². The van der Waals surface area contributed by atoms with Crippen molar-refractivity contribution < 1.29 is 18.5 Å². The summed E-state index contributed by atoms with van der Waals surface area (Å²) >= 11 is 0. The Morgan fingerprint density at radius 2 is 1.28 bits per heavy atom. The van der Waals surface area contributed by atoms with Gasteiger partial charge in [0.25, 0.3) is 0 Å². The van der Waals surface area contributed by atoms with Crippen LogP contribution in [0.4, 0.5) is 5.69 Å². The van der Waals surface area contributed by atoms with Crippen molar-refractivity contribution in [3.63, 3.8) is 0 Å². The number of hydrogen-bond donors (Lipinski definition) is 0. The second-order valence-corrected chi connectivity index (χ2v) is 15.7. The molecule has 1 aliphatic rings. The van der Waals surface area contributed by atoms with Gasteiger partial charge in [0.1, 0.15) is 5.41 Å². The van der Waals surface area contributed by atoms with Crippen LogP contribution < -0.4 is 9.47 Å². The lowest BCUT2D eigenvalue weighted by Gasteiger charge is -2.40. The van der Waals surface area contributed by atoms with Gasteiger partial charge in [0.05, 0.1) is 34.9 Å². The fraction of sp³-hybridized carbons (Fsp3) is 0.250. The largest absolute Gasteiger partial charge is 0.493 e. The zero-order chi connectivity index (χ0) is 35.5. The number of fused-ring (bicyclic) bond motifs is 1. The van der Waals surface area contributed by atoms with Gasteiger partial charge in [-0.2, -0.15) is 4.36 Å². The van der Waals surface area contributed by atoms with Crippen molar-refractivity contribution in [2.45, 2.75) is 55.6 Å². The van der Waals surface area contributed by atoms with Gasteiger partial charge in [0, 0.05) is 22.8 Å². The molecule has 5 aromatic rings. The number of methoxy groups -OCH3 is 2. The molecular weight excluding hydrogens is 639 g/mol. The van der Waals surface area contributed by atoms with Crippen molar-refractivity contribution in [3.8, 4) is 11.5 Å². The maximum absolute atomic E-state index is 15.9. The molecule has 1 heterocycles. The number of Topliss-reactive ketones (excluding diaryl/α,β-unsaturated/α-hetero) is 1. The molecule has 0 amide bonds. The van der Waals surface area contributed by atoms with Crippen LogP contribution in [-0.2, 0) is 19.9 Å². The standard InChI is InChI=1S/C44H45NO4S/c1-30(2)27-38-37-29-39(48-5)42(49-6)32(4)41(37)45-50(47,36-25-17-10-18-26-36)43(38)31(3)28-40(46)44(33-19-11-7-12-20-33,34-21-13-8-14-22-34)35-23-15-9-16-24-35/h7-27,29,31,38,43H,28H2,1-6H3/t31-,38-,43+,50+/m0/s1. The summed E-state index contributed by atoms with van der Waals surface area (Å²) in [5.74, 6) is 0.533. The number of hydrogen-bond acceptors (Lipinski definition) is 5. The smallest absolute Gasteiger partial charge is 0.165 e. The zero-order valence-corrected chi connectivity index (χ0v) is 30.4. The van der Waals surface area contributed by atoms with E-state index in [4.69, 9.17) is 13.8 Å². The number of nitrogens with zero attached hydrogens (tertiary/aromatic N) is 1. The van der Waals surface area contributed by atoms with Crippen LogP contribution in [0.5, 0.6) is 11.5 Å². The molecule has 50 heavy (non-hydrogen) atoms. The number of ether oxygens (including phenoxy) is 2. The highest BCUT2D eigenvalue weighted by Crippen LogP contribution is 2.52. The summed E-state index contributed by atoms with van der Waals surface area (Å²) in [7, 11) is 0.0976. The molecule has 0 spiro atoms. The molecule has 5 aromatic carbocycles. The predicted molar refractivity (Wildman–Crippen MR) is 203 cm³/mol. The van der Waals surface area contributed by atoms with Crippen LogP contribution in [0.3, 0.4) is 0 Å². The highest BCUT2D eigenvalue weighted by Gasteiger charge is 2.47. The van der Waals surface area contributed by atoms with Gasteiger partial charge in [-0.3, -0.25) is 4.79 Å². The quantitative estimate of drug-likeness (QED) is 0.103. The zero-order valence-electron chi connectivity index (χ0n) is 29.6. The first kappa shape index (κ1) is 34.9. The molecule has 256 valence electrons. The van der Waals surface area contributed by atoms with E-state index < -0.39 is 20.4 Å². The van der Waals surface area contributed by atoms with E-state index in [1.165, 1.54) is 0 Å². The van der Waals surface area contributed by atoms with Gasteiger partial charge in [0.2, 0.25) is 0 Å². The van der Waals surface area contributed by atoms with E-state index in [2.05, 4.69) is 26.8 Å². The third-order valence-corrected chi connectivity index (χ3v) is 12.8. The first-order valence-corrected chi connectivity index (χ1v) is 18.7. The minimum atomic E-state index is -3.14. The fourth-order valence-corrected chi connectivity index (χ4v) is 10.7. The molecule has 0 radical (unpaired) electrons. The van der Waals surface area contributed by atoms with Gasteiger partial charge in [-0.15, -0.1) is 0 Å². The highest BCUT2D eigenvalue weighted by molar-refractivity contribution is 7.94. The summed E-state index contributed by atoms with van der Waals surface area (Å²) in [6, 6.07) is 41.6. The van der Waals surface area contributed by atoms with Crippen LogP contribution in [0, 0.1) is 12.8 Å². The lowest BCUT2D eigenvalue weighted by molar-refractivity contribution is -0.122. The summed E-state index contributed by atoms with van der Waals surface area (Å²) in [5.41, 5.74) is 5.02. The summed E-state index contributed by atoms with van der Waals surface area (Å²) < 4.78 is 32.7. The Hall–Kier alpha value is -4.94. The molecule has 0 N–H and O–H groups in total. The summed E-state index contributed by atoms with van der Waals surface area (Å²) in [5, 5.41) is -0.534. The first-order valence-electron chi connectivity index (χ1n) is 17.1. The molecule has 6 rings (SSSR count). The van der Waals surface area contributed by atoms with Crippen LogP contribution in [0.25, 0.3) is 0 Å². The van der Waals surface area contributed by atoms with E-state index in [1.807, 2.05) is 134 Å². The lowest BCUT2D eigenvalue weighted by atomic mass is 9.65. The maximum atomic E-state index is 15.9. The van der Waals surface area contributed by atoms with Crippen LogP contribution in [-0.4, -0.2) is 29.5 Å². The Balaban J connectivity index is 1.59. The molecule has 0 fully saturated rings. The minimum Gasteiger partial charge on any atom is -0.493 e. The van der Waals surface area contributed by atoms with Crippen molar-refractivity contribution >= 4 is 21.2 Å². The first-order chi connectivity index (χ1) is 24.2. The third-order valence-electron chi connectivity index (χ3n) is 9.91. The lowest BCUT2D eigenvalue weighted by Crippen LogP contribution is -2.43. The van der Waals surface area contributed by atoms with Crippen LogP contribution in [0.2, 0.25) is 0 Å². The molecule has 1 aliphatic heterocycles. The number of rotatable bonds is 11. The monoisotopic (exact) mass is 683 g/mol. The average molecular weight is 684 g/mol. The van der Waals surface area contributed by atoms with Crippen LogP contribution in [0.1, 0.15) is 60.9 Å². The van der Waals surface area contributed by atoms with Crippen molar-refractivity contribution in [1.82, 2.24) is 0 Å². The molecule has 0 aliphatic carbocycles. The van der Waals surface area contributed by atoms with Crippen LogP contribution >= 0.6 is 0 Å². The molecule has 5 nitrogen and oxygen atoms in total. The van der Waals surface area contributed by atoms with E-state index in [9.17, 15) is 0 Å². The van der Waals surface area contributed by atoms with Crippen molar-refractivity contribution in [1.29, 1.82) is 0 Å². The summed E-state index contributed by atoms with van der Waals surface area (Å²) in [6.07, 6.45) is 2.35. The highest BCUT2D eigenvalue weighted by atomic mass is 32.2. The van der Waals surface area contributed by atoms with E-state index in [1.54, 1.807) is 14.2 Å². The SMILES string of the molecule is COc1cc2c(c(C)c1OC)N=[S@@](=O)(c1ccccc1)[C@H]([C@@H](C)CC(=O)C(c1ccccc1)(c1ccccc1)c1ccccc1)[C@H]2C=C(C)C. The Morgan fingerprint density at radius 1 is 0.800 bits per heavy atom. The van der Waals surface area contributed by atoms with Gasteiger partial charge in [-0.05, 0) is 67.1 Å². The Labute approximate surface area is 297 Å². The number of carbonyl (C=O) groups is 1. The van der Waals surface area contributed by atoms with E-state index in [0.29, 0.717) is 22.1 Å². The average Bonchev–Trinajstić information content (AvgIpc) is 3.13. The second kappa shape index (κ2) is 14.5. The van der Waals surface area contributed by atoms with Gasteiger partial charge in [0.15, 0.2) is 17.3 Å². The topological polar surface area (TPSA) is 65.0 Å². The number of ketones is 1. The Bertz CT molecular complexity index is 2020. The van der Waals surface area contributed by atoms with Gasteiger partial charge in [-0.1, -0.05) is 128 Å². The molecular formula is C44H45NO4S.